The Morgan fingerprint density at radius 2 is 1.88 bits per heavy atom. The minimum absolute atomic E-state index is 0.0160. The summed E-state index contributed by atoms with van der Waals surface area (Å²) in [7, 11) is -3.83. The van der Waals surface area contributed by atoms with E-state index in [-0.39, 0.29) is 10.8 Å². The molecule has 25 heavy (non-hydrogen) atoms. The summed E-state index contributed by atoms with van der Waals surface area (Å²) in [6.45, 7) is 3.90. The first-order valence-corrected chi connectivity index (χ1v) is 9.01. The zero-order valence-electron chi connectivity index (χ0n) is 14.3. The van der Waals surface area contributed by atoms with Gasteiger partial charge < -0.3 is 10.1 Å². The van der Waals surface area contributed by atoms with Crippen LogP contribution < -0.4 is 10.0 Å². The Hall–Kier alpha value is -2.44. The summed E-state index contributed by atoms with van der Waals surface area (Å²) in [4.78, 5) is 23.4. The van der Waals surface area contributed by atoms with E-state index in [2.05, 4.69) is 10.0 Å². The quantitative estimate of drug-likeness (QED) is 0.647. The molecule has 1 aromatic carbocycles. The Kier molecular flexibility index (Phi) is 7.09. The predicted octanol–water partition coefficient (Wildman–Crippen LogP) is 0.563. The van der Waals surface area contributed by atoms with Crippen LogP contribution in [0.25, 0.3) is 0 Å². The average molecular weight is 367 g/mol. The molecule has 1 amide bonds. The average Bonchev–Trinajstić information content (AvgIpc) is 2.58. The molecule has 1 rings (SSSR count). The van der Waals surface area contributed by atoms with Gasteiger partial charge in [0.15, 0.2) is 6.61 Å². The third kappa shape index (κ3) is 6.17. The van der Waals surface area contributed by atoms with Gasteiger partial charge in [-0.2, -0.15) is 9.98 Å². The largest absolute Gasteiger partial charge is 0.455 e. The highest BCUT2D eigenvalue weighted by molar-refractivity contribution is 7.89. The van der Waals surface area contributed by atoms with E-state index in [0.717, 1.165) is 0 Å². The molecule has 0 saturated carbocycles. The molecule has 0 fully saturated rings. The number of carbonyl (C=O) groups excluding carboxylic acids is 2. The van der Waals surface area contributed by atoms with Gasteiger partial charge in [0.1, 0.15) is 12.1 Å². The highest BCUT2D eigenvalue weighted by Gasteiger charge is 2.30. The van der Waals surface area contributed by atoms with E-state index in [4.69, 9.17) is 10.00 Å². The fourth-order valence-electron chi connectivity index (χ4n) is 1.66. The molecule has 0 aromatic heterocycles. The molecule has 1 atom stereocenters. The zero-order chi connectivity index (χ0) is 19.1. The molecule has 0 aliphatic carbocycles. The van der Waals surface area contributed by atoms with Gasteiger partial charge in [-0.25, -0.2) is 8.42 Å². The van der Waals surface area contributed by atoms with Crippen LogP contribution in [0.4, 0.5) is 0 Å². The SMILES string of the molecule is CC(C)[C@](C)(C#N)NC(=O)COC(=O)CNS(=O)(=O)c1ccccc1. The van der Waals surface area contributed by atoms with Gasteiger partial charge in [-0.15, -0.1) is 0 Å². The number of nitrogens with zero attached hydrogens (tertiary/aromatic N) is 1. The van der Waals surface area contributed by atoms with Gasteiger partial charge in [-0.05, 0) is 25.0 Å². The van der Waals surface area contributed by atoms with Crippen molar-refractivity contribution >= 4 is 21.9 Å². The standard InChI is InChI=1S/C16H21N3O5S/c1-12(2)16(3,11-17)19-14(20)10-24-15(21)9-18-25(22,23)13-7-5-4-6-8-13/h4-8,12,18H,9-10H2,1-3H3,(H,19,20)/t16-/m0/s1. The molecule has 0 unspecified atom stereocenters. The molecule has 0 saturated heterocycles. The van der Waals surface area contributed by atoms with Gasteiger partial charge in [-0.1, -0.05) is 32.0 Å². The number of sulfonamides is 1. The lowest BCUT2D eigenvalue weighted by Gasteiger charge is -2.27. The van der Waals surface area contributed by atoms with Crippen molar-refractivity contribution in [3.63, 3.8) is 0 Å². The van der Waals surface area contributed by atoms with Gasteiger partial charge in [-0.3, -0.25) is 9.59 Å². The maximum Gasteiger partial charge on any atom is 0.321 e. The van der Waals surface area contributed by atoms with Crippen LogP contribution in [0.2, 0.25) is 0 Å². The molecule has 0 heterocycles. The van der Waals surface area contributed by atoms with E-state index in [1.807, 2.05) is 6.07 Å². The number of hydrogen-bond donors (Lipinski definition) is 2. The van der Waals surface area contributed by atoms with Gasteiger partial charge >= 0.3 is 5.97 Å². The minimum Gasteiger partial charge on any atom is -0.455 e. The molecule has 0 aliphatic rings. The van der Waals surface area contributed by atoms with Crippen molar-refractivity contribution in [2.45, 2.75) is 31.2 Å². The van der Waals surface area contributed by atoms with Crippen molar-refractivity contribution in [1.29, 1.82) is 5.26 Å². The second-order valence-corrected chi connectivity index (χ2v) is 7.58. The van der Waals surface area contributed by atoms with E-state index >= 15 is 0 Å². The highest BCUT2D eigenvalue weighted by atomic mass is 32.2. The van der Waals surface area contributed by atoms with Crippen LogP contribution >= 0.6 is 0 Å². The van der Waals surface area contributed by atoms with Crippen molar-refractivity contribution in [1.82, 2.24) is 10.0 Å². The van der Waals surface area contributed by atoms with Crippen molar-refractivity contribution < 1.29 is 22.7 Å². The first kappa shape index (κ1) is 20.6. The van der Waals surface area contributed by atoms with Crippen LogP contribution in [0.5, 0.6) is 0 Å². The van der Waals surface area contributed by atoms with Crippen LogP contribution in [0.3, 0.4) is 0 Å². The fourth-order valence-corrected chi connectivity index (χ4v) is 2.65. The number of esters is 1. The third-order valence-corrected chi connectivity index (χ3v) is 5.03. The number of carbonyl (C=O) groups is 2. The first-order valence-electron chi connectivity index (χ1n) is 7.53. The molecule has 1 aromatic rings. The van der Waals surface area contributed by atoms with Crippen molar-refractivity contribution in [3.05, 3.63) is 30.3 Å². The lowest BCUT2D eigenvalue weighted by molar-refractivity contribution is -0.147. The minimum atomic E-state index is -3.83. The predicted molar refractivity (Wildman–Crippen MR) is 89.6 cm³/mol. The molecule has 0 spiro atoms. The summed E-state index contributed by atoms with van der Waals surface area (Å²) in [5.74, 6) is -1.69. The summed E-state index contributed by atoms with van der Waals surface area (Å²) < 4.78 is 30.7. The first-order chi connectivity index (χ1) is 11.6. The maximum atomic E-state index is 11.9. The van der Waals surface area contributed by atoms with Crippen LogP contribution in [0.15, 0.2) is 35.2 Å². The molecule has 0 aliphatic heterocycles. The Morgan fingerprint density at radius 3 is 2.40 bits per heavy atom. The van der Waals surface area contributed by atoms with E-state index in [0.29, 0.717) is 0 Å². The van der Waals surface area contributed by atoms with Crippen molar-refractivity contribution in [2.75, 3.05) is 13.2 Å². The van der Waals surface area contributed by atoms with Crippen LogP contribution in [-0.2, 0) is 24.3 Å². The highest BCUT2D eigenvalue weighted by Crippen LogP contribution is 2.14. The number of amides is 1. The molecular weight excluding hydrogens is 346 g/mol. The summed E-state index contributed by atoms with van der Waals surface area (Å²) in [6, 6.07) is 9.54. The van der Waals surface area contributed by atoms with Gasteiger partial charge in [0, 0.05) is 0 Å². The molecule has 8 nitrogen and oxygen atoms in total. The Balaban J connectivity index is 2.48. The number of rotatable bonds is 8. The zero-order valence-corrected chi connectivity index (χ0v) is 15.1. The third-order valence-electron chi connectivity index (χ3n) is 3.61. The second-order valence-electron chi connectivity index (χ2n) is 5.82. The molecule has 136 valence electrons. The fraction of sp³-hybridized carbons (Fsp3) is 0.438. The Bertz CT molecular complexity index is 756. The van der Waals surface area contributed by atoms with E-state index in [1.54, 1.807) is 39.0 Å². The number of nitriles is 1. The van der Waals surface area contributed by atoms with Crippen LogP contribution in [0.1, 0.15) is 20.8 Å². The normalized spacial score (nSPS) is 13.6. The summed E-state index contributed by atoms with van der Waals surface area (Å²) >= 11 is 0. The smallest absolute Gasteiger partial charge is 0.321 e. The lowest BCUT2D eigenvalue weighted by atomic mass is 9.90. The monoisotopic (exact) mass is 367 g/mol. The maximum absolute atomic E-state index is 11.9. The van der Waals surface area contributed by atoms with E-state index in [1.165, 1.54) is 12.1 Å². The molecule has 0 radical (unpaired) electrons. The number of benzene rings is 1. The summed E-state index contributed by atoms with van der Waals surface area (Å²) in [5.41, 5.74) is -1.08. The van der Waals surface area contributed by atoms with Gasteiger partial charge in [0.05, 0.1) is 11.0 Å². The van der Waals surface area contributed by atoms with Gasteiger partial charge in [0.2, 0.25) is 10.0 Å². The molecular formula is C16H21N3O5S. The van der Waals surface area contributed by atoms with Gasteiger partial charge in [0.25, 0.3) is 5.91 Å². The summed E-state index contributed by atoms with van der Waals surface area (Å²) in [5, 5.41) is 11.6. The number of hydrogen-bond acceptors (Lipinski definition) is 6. The molecule has 2 N–H and O–H groups in total. The van der Waals surface area contributed by atoms with Crippen LogP contribution in [-0.4, -0.2) is 39.0 Å². The number of nitrogens with one attached hydrogen (secondary N) is 2. The molecule has 9 heteroatoms. The second kappa shape index (κ2) is 8.60. The van der Waals surface area contributed by atoms with Crippen molar-refractivity contribution in [3.8, 4) is 6.07 Å². The Morgan fingerprint density at radius 1 is 1.28 bits per heavy atom. The van der Waals surface area contributed by atoms with Crippen molar-refractivity contribution in [2.24, 2.45) is 5.92 Å². The van der Waals surface area contributed by atoms with E-state index in [9.17, 15) is 18.0 Å². The van der Waals surface area contributed by atoms with Crippen LogP contribution in [0, 0.1) is 17.2 Å². The number of ether oxygens (including phenoxy) is 1. The summed E-state index contributed by atoms with van der Waals surface area (Å²) in [6.07, 6.45) is 0. The lowest BCUT2D eigenvalue weighted by Crippen LogP contribution is -2.50. The Labute approximate surface area is 147 Å². The van der Waals surface area contributed by atoms with E-state index < -0.39 is 40.6 Å². The molecule has 0 bridgehead atoms. The topological polar surface area (TPSA) is 125 Å².